The summed E-state index contributed by atoms with van der Waals surface area (Å²) in [7, 11) is 0. The molecule has 0 amide bonds. The molecule has 1 aliphatic carbocycles. The highest BCUT2D eigenvalue weighted by atomic mass is 32.2. The first-order chi connectivity index (χ1) is 10.7. The summed E-state index contributed by atoms with van der Waals surface area (Å²) in [6, 6.07) is 0. The minimum atomic E-state index is -0.394. The van der Waals surface area contributed by atoms with Gasteiger partial charge in [0.1, 0.15) is 5.44 Å². The van der Waals surface area contributed by atoms with Crippen LogP contribution in [0.5, 0.6) is 0 Å². The minimum Gasteiger partial charge on any atom is -0.435 e. The van der Waals surface area contributed by atoms with Crippen molar-refractivity contribution in [1.82, 2.24) is 0 Å². The van der Waals surface area contributed by atoms with Crippen LogP contribution in [0.25, 0.3) is 0 Å². The molecule has 1 heterocycles. The van der Waals surface area contributed by atoms with Crippen LogP contribution < -0.4 is 0 Å². The first-order valence-electron chi connectivity index (χ1n) is 8.80. The number of hydrogen-bond donors (Lipinski definition) is 0. The predicted octanol–water partition coefficient (Wildman–Crippen LogP) is 5.26. The molecule has 2 fully saturated rings. The van der Waals surface area contributed by atoms with Gasteiger partial charge in [0.15, 0.2) is 0 Å². The highest BCUT2D eigenvalue weighted by molar-refractivity contribution is 8.00. The third-order valence-electron chi connectivity index (χ3n) is 4.71. The molecule has 5 atom stereocenters. The molecule has 2 rings (SSSR count). The van der Waals surface area contributed by atoms with Gasteiger partial charge < -0.3 is 9.47 Å². The molecule has 0 radical (unpaired) electrons. The highest BCUT2D eigenvalue weighted by Crippen LogP contribution is 2.37. The van der Waals surface area contributed by atoms with E-state index in [9.17, 15) is 4.79 Å². The summed E-state index contributed by atoms with van der Waals surface area (Å²) < 4.78 is 10.2. The van der Waals surface area contributed by atoms with Gasteiger partial charge in [-0.25, -0.2) is 0 Å². The lowest BCUT2D eigenvalue weighted by Gasteiger charge is -2.35. The van der Waals surface area contributed by atoms with Crippen molar-refractivity contribution < 1.29 is 14.3 Å². The summed E-state index contributed by atoms with van der Waals surface area (Å²) in [4.78, 5) is 10.5. The van der Waals surface area contributed by atoms with Gasteiger partial charge in [0.2, 0.25) is 6.29 Å². The van der Waals surface area contributed by atoms with Crippen LogP contribution in [0, 0.1) is 23.7 Å². The van der Waals surface area contributed by atoms with Crippen LogP contribution >= 0.6 is 11.8 Å². The Morgan fingerprint density at radius 2 is 1.91 bits per heavy atom. The number of hydrogen-bond acceptors (Lipinski definition) is 4. The van der Waals surface area contributed by atoms with Crippen LogP contribution in [0.4, 0.5) is 0 Å². The largest absolute Gasteiger partial charge is 0.435 e. The summed E-state index contributed by atoms with van der Waals surface area (Å²) in [5, 5.41) is 0. The van der Waals surface area contributed by atoms with Crippen LogP contribution in [-0.2, 0) is 14.3 Å². The average molecular weight is 343 g/mol. The summed E-state index contributed by atoms with van der Waals surface area (Å²) in [5.74, 6) is 4.25. The van der Waals surface area contributed by atoms with Gasteiger partial charge in [0.05, 0.1) is 5.75 Å². The molecule has 1 aliphatic heterocycles. The molecule has 2 aliphatic rings. The third-order valence-corrected chi connectivity index (χ3v) is 5.99. The normalized spacial score (nSPS) is 33.8. The first-order valence-corrected chi connectivity index (χ1v) is 9.85. The molecule has 0 spiro atoms. The molecule has 1 saturated carbocycles. The van der Waals surface area contributed by atoms with E-state index in [0.29, 0.717) is 5.75 Å². The van der Waals surface area contributed by atoms with Crippen molar-refractivity contribution >= 4 is 17.7 Å². The van der Waals surface area contributed by atoms with E-state index in [1.54, 1.807) is 11.8 Å². The molecule has 3 nitrogen and oxygen atoms in total. The first kappa shape index (κ1) is 20.6. The number of ether oxygens (including phenoxy) is 2. The Bertz CT molecular complexity index is 394. The Morgan fingerprint density at radius 1 is 1.26 bits per heavy atom. The summed E-state index contributed by atoms with van der Waals surface area (Å²) in [5.41, 5.74) is 0.934. The Hall–Kier alpha value is -0.480. The van der Waals surface area contributed by atoms with E-state index in [2.05, 4.69) is 34.3 Å². The van der Waals surface area contributed by atoms with Crippen molar-refractivity contribution in [2.75, 3.05) is 5.75 Å². The van der Waals surface area contributed by atoms with Gasteiger partial charge in [-0.15, -0.1) is 11.8 Å². The molecule has 5 unspecified atom stereocenters. The smallest absolute Gasteiger partial charge is 0.304 e. The molecule has 1 saturated heterocycles. The van der Waals surface area contributed by atoms with Gasteiger partial charge >= 0.3 is 5.97 Å². The molecule has 23 heavy (non-hydrogen) atoms. The van der Waals surface area contributed by atoms with Crippen LogP contribution in [0.1, 0.15) is 60.8 Å². The highest BCUT2D eigenvalue weighted by Gasteiger charge is 2.28. The van der Waals surface area contributed by atoms with E-state index < -0.39 is 6.29 Å². The van der Waals surface area contributed by atoms with Crippen molar-refractivity contribution in [3.63, 3.8) is 0 Å². The van der Waals surface area contributed by atoms with Crippen molar-refractivity contribution in [1.29, 1.82) is 0 Å². The maximum atomic E-state index is 10.5. The van der Waals surface area contributed by atoms with Crippen LogP contribution in [0.3, 0.4) is 0 Å². The predicted molar refractivity (Wildman–Crippen MR) is 98.2 cm³/mol. The second-order valence-electron chi connectivity index (χ2n) is 7.49. The van der Waals surface area contributed by atoms with E-state index in [0.717, 1.165) is 29.2 Å². The number of carbonyl (C=O) groups is 1. The van der Waals surface area contributed by atoms with Crippen molar-refractivity contribution in [3.8, 4) is 0 Å². The van der Waals surface area contributed by atoms with E-state index in [4.69, 9.17) is 9.47 Å². The Balaban J connectivity index is 0.000000231. The standard InChI is InChI=1S/C11H22.C8H12O3S/c1-8(2)11-6-5-9(3)7-10(11)4;1-5(2)8-11-7(4-12-8)10-6(3)9/h8-11H,5-7H2,1-4H3;7-8H,1,4H2,2-3H3. The van der Waals surface area contributed by atoms with E-state index in [1.165, 1.54) is 26.2 Å². The maximum Gasteiger partial charge on any atom is 0.304 e. The minimum absolute atomic E-state index is 0.0191. The van der Waals surface area contributed by atoms with Crippen molar-refractivity contribution in [3.05, 3.63) is 12.2 Å². The zero-order valence-corrected chi connectivity index (χ0v) is 16.4. The lowest BCUT2D eigenvalue weighted by molar-refractivity contribution is -0.168. The molecule has 0 aromatic carbocycles. The van der Waals surface area contributed by atoms with Crippen LogP contribution in [0.2, 0.25) is 0 Å². The molecule has 134 valence electrons. The van der Waals surface area contributed by atoms with Crippen molar-refractivity contribution in [2.45, 2.75) is 72.5 Å². The summed E-state index contributed by atoms with van der Waals surface area (Å²) >= 11 is 1.60. The third kappa shape index (κ3) is 7.30. The monoisotopic (exact) mass is 342 g/mol. The summed E-state index contributed by atoms with van der Waals surface area (Å²) in [6.45, 7) is 16.6. The van der Waals surface area contributed by atoms with Gasteiger partial charge in [-0.2, -0.15) is 0 Å². The van der Waals surface area contributed by atoms with Gasteiger partial charge in [0, 0.05) is 6.92 Å². The SMILES string of the molecule is C=C(C)C1OC(OC(C)=O)CS1.CC1CCC(C(C)C)C(C)C1. The Labute approximate surface area is 146 Å². The van der Waals surface area contributed by atoms with Crippen molar-refractivity contribution in [2.24, 2.45) is 23.7 Å². The lowest BCUT2D eigenvalue weighted by Crippen LogP contribution is -2.25. The second kappa shape index (κ2) is 9.73. The van der Waals surface area contributed by atoms with E-state index in [-0.39, 0.29) is 11.4 Å². The van der Waals surface area contributed by atoms with E-state index in [1.807, 2.05) is 6.92 Å². The van der Waals surface area contributed by atoms with E-state index >= 15 is 0 Å². The Kier molecular flexibility index (Phi) is 8.70. The molecule has 0 bridgehead atoms. The molecule has 0 aromatic heterocycles. The van der Waals surface area contributed by atoms with Gasteiger partial charge in [0.25, 0.3) is 0 Å². The fourth-order valence-electron chi connectivity index (χ4n) is 3.57. The zero-order valence-electron chi connectivity index (χ0n) is 15.6. The molecule has 4 heteroatoms. The van der Waals surface area contributed by atoms with Gasteiger partial charge in [-0.05, 0) is 49.0 Å². The molecule has 0 aromatic rings. The molecule has 0 N–H and O–H groups in total. The number of carbonyl (C=O) groups excluding carboxylic acids is 1. The quantitative estimate of drug-likeness (QED) is 0.518. The topological polar surface area (TPSA) is 35.5 Å². The fraction of sp³-hybridized carbons (Fsp3) is 0.842. The van der Waals surface area contributed by atoms with Crippen LogP contribution in [0.15, 0.2) is 12.2 Å². The number of esters is 1. The maximum absolute atomic E-state index is 10.5. The molecular formula is C19H34O3S. The number of thioether (sulfide) groups is 1. The summed E-state index contributed by atoms with van der Waals surface area (Å²) in [6.07, 6.45) is 4.00. The Morgan fingerprint density at radius 3 is 2.35 bits per heavy atom. The molecular weight excluding hydrogens is 308 g/mol. The zero-order chi connectivity index (χ0) is 17.6. The average Bonchev–Trinajstić information content (AvgIpc) is 2.86. The fourth-order valence-corrected chi connectivity index (χ4v) is 4.53. The second-order valence-corrected chi connectivity index (χ2v) is 8.58. The van der Waals surface area contributed by atoms with Gasteiger partial charge in [-0.3, -0.25) is 4.79 Å². The number of rotatable bonds is 3. The van der Waals surface area contributed by atoms with Gasteiger partial charge in [-0.1, -0.05) is 40.7 Å². The van der Waals surface area contributed by atoms with Crippen LogP contribution in [-0.4, -0.2) is 23.4 Å². The lowest BCUT2D eigenvalue weighted by atomic mass is 9.71.